The molecular weight excluding hydrogens is 289 g/mol. The molecule has 0 radical (unpaired) electrons. The van der Waals surface area contributed by atoms with Gasteiger partial charge in [0.2, 0.25) is 0 Å². The SMILES string of the molecule is Cc1ccc(-n2nc(Cc3ccccc3F)c3c2NCC3)cc1. The van der Waals surface area contributed by atoms with E-state index >= 15 is 0 Å². The second-order valence-corrected chi connectivity index (χ2v) is 5.97. The maximum absolute atomic E-state index is 14.0. The van der Waals surface area contributed by atoms with Crippen molar-refractivity contribution in [3.05, 3.63) is 76.7 Å². The van der Waals surface area contributed by atoms with Gasteiger partial charge in [0, 0.05) is 18.5 Å². The molecule has 3 nitrogen and oxygen atoms in total. The first-order chi connectivity index (χ1) is 11.2. The van der Waals surface area contributed by atoms with E-state index < -0.39 is 0 Å². The first-order valence-electron chi connectivity index (χ1n) is 7.87. The lowest BCUT2D eigenvalue weighted by atomic mass is 10.1. The van der Waals surface area contributed by atoms with Gasteiger partial charge in [0.05, 0.1) is 11.4 Å². The highest BCUT2D eigenvalue weighted by atomic mass is 19.1. The minimum Gasteiger partial charge on any atom is -0.369 e. The van der Waals surface area contributed by atoms with E-state index in [-0.39, 0.29) is 5.82 Å². The van der Waals surface area contributed by atoms with Gasteiger partial charge in [0.1, 0.15) is 11.6 Å². The fraction of sp³-hybridized carbons (Fsp3) is 0.211. The monoisotopic (exact) mass is 307 g/mol. The lowest BCUT2D eigenvalue weighted by Crippen LogP contribution is -2.05. The molecule has 0 bridgehead atoms. The fourth-order valence-corrected chi connectivity index (χ4v) is 3.08. The zero-order chi connectivity index (χ0) is 15.8. The summed E-state index contributed by atoms with van der Waals surface area (Å²) in [5, 5.41) is 8.16. The van der Waals surface area contributed by atoms with Crippen molar-refractivity contribution in [2.45, 2.75) is 19.8 Å². The van der Waals surface area contributed by atoms with Crippen LogP contribution in [0.15, 0.2) is 48.5 Å². The molecule has 23 heavy (non-hydrogen) atoms. The van der Waals surface area contributed by atoms with Crippen molar-refractivity contribution in [3.63, 3.8) is 0 Å². The molecule has 1 N–H and O–H groups in total. The van der Waals surface area contributed by atoms with Gasteiger partial charge in [-0.05, 0) is 37.1 Å². The summed E-state index contributed by atoms with van der Waals surface area (Å²) in [5.41, 5.74) is 5.10. The third-order valence-corrected chi connectivity index (χ3v) is 4.33. The molecular formula is C19H18FN3. The Labute approximate surface area is 134 Å². The standard InChI is InChI=1S/C19H18FN3/c1-13-6-8-15(9-7-13)23-19-16(10-11-21-19)18(22-23)12-14-4-2-3-5-17(14)20/h2-9,21H,10-12H2,1H3. The van der Waals surface area contributed by atoms with Crippen LogP contribution in [0.3, 0.4) is 0 Å². The number of hydrogen-bond donors (Lipinski definition) is 1. The van der Waals surface area contributed by atoms with E-state index in [2.05, 4.69) is 36.5 Å². The zero-order valence-corrected chi connectivity index (χ0v) is 13.0. The normalized spacial score (nSPS) is 13.0. The molecule has 0 unspecified atom stereocenters. The van der Waals surface area contributed by atoms with Gasteiger partial charge in [-0.25, -0.2) is 9.07 Å². The van der Waals surface area contributed by atoms with E-state index in [1.807, 2.05) is 16.8 Å². The Bertz CT molecular complexity index is 850. The smallest absolute Gasteiger partial charge is 0.133 e. The van der Waals surface area contributed by atoms with Gasteiger partial charge in [0.15, 0.2) is 0 Å². The first kappa shape index (κ1) is 14.0. The summed E-state index contributed by atoms with van der Waals surface area (Å²) < 4.78 is 15.9. The fourth-order valence-electron chi connectivity index (χ4n) is 3.08. The molecule has 0 aliphatic carbocycles. The van der Waals surface area contributed by atoms with Crippen LogP contribution in [-0.2, 0) is 12.8 Å². The van der Waals surface area contributed by atoms with Crippen LogP contribution in [0.4, 0.5) is 10.2 Å². The van der Waals surface area contributed by atoms with Gasteiger partial charge in [-0.3, -0.25) is 0 Å². The number of benzene rings is 2. The van der Waals surface area contributed by atoms with E-state index in [9.17, 15) is 4.39 Å². The average Bonchev–Trinajstić information content (AvgIpc) is 3.14. The predicted octanol–water partition coefficient (Wildman–Crippen LogP) is 3.88. The quantitative estimate of drug-likeness (QED) is 0.796. The number of rotatable bonds is 3. The van der Waals surface area contributed by atoms with Crippen molar-refractivity contribution in [2.75, 3.05) is 11.9 Å². The van der Waals surface area contributed by atoms with E-state index in [4.69, 9.17) is 5.10 Å². The largest absolute Gasteiger partial charge is 0.369 e. The summed E-state index contributed by atoms with van der Waals surface area (Å²) in [6, 6.07) is 15.2. The molecule has 4 rings (SSSR count). The molecule has 0 saturated heterocycles. The Hall–Kier alpha value is -2.62. The number of anilines is 1. The second-order valence-electron chi connectivity index (χ2n) is 5.97. The number of nitrogens with one attached hydrogen (secondary N) is 1. The first-order valence-corrected chi connectivity index (χ1v) is 7.87. The van der Waals surface area contributed by atoms with Gasteiger partial charge >= 0.3 is 0 Å². The Morgan fingerprint density at radius 3 is 2.70 bits per heavy atom. The minimum atomic E-state index is -0.169. The second kappa shape index (κ2) is 5.54. The van der Waals surface area contributed by atoms with Crippen molar-refractivity contribution in [1.82, 2.24) is 9.78 Å². The van der Waals surface area contributed by atoms with Gasteiger partial charge in [-0.15, -0.1) is 0 Å². The lowest BCUT2D eigenvalue weighted by molar-refractivity contribution is 0.612. The maximum atomic E-state index is 14.0. The van der Waals surface area contributed by atoms with Crippen LogP contribution in [0.1, 0.15) is 22.4 Å². The lowest BCUT2D eigenvalue weighted by Gasteiger charge is -2.06. The summed E-state index contributed by atoms with van der Waals surface area (Å²) in [7, 11) is 0. The molecule has 0 amide bonds. The minimum absolute atomic E-state index is 0.169. The molecule has 116 valence electrons. The summed E-state index contributed by atoms with van der Waals surface area (Å²) in [6.07, 6.45) is 1.46. The number of aryl methyl sites for hydroxylation is 1. The predicted molar refractivity (Wildman–Crippen MR) is 89.7 cm³/mol. The van der Waals surface area contributed by atoms with Gasteiger partial charge in [0.25, 0.3) is 0 Å². The van der Waals surface area contributed by atoms with Crippen molar-refractivity contribution in [3.8, 4) is 5.69 Å². The number of nitrogens with zero attached hydrogens (tertiary/aromatic N) is 2. The molecule has 2 aromatic carbocycles. The third-order valence-electron chi connectivity index (χ3n) is 4.33. The average molecular weight is 307 g/mol. The summed E-state index contributed by atoms with van der Waals surface area (Å²) in [5.74, 6) is 0.872. The molecule has 0 fully saturated rings. The van der Waals surface area contributed by atoms with E-state index in [0.717, 1.165) is 30.2 Å². The molecule has 1 aromatic heterocycles. The number of fused-ring (bicyclic) bond motifs is 1. The molecule has 4 heteroatoms. The molecule has 1 aliphatic heterocycles. The molecule has 1 aliphatic rings. The summed E-state index contributed by atoms with van der Waals surface area (Å²) >= 11 is 0. The highest BCUT2D eigenvalue weighted by Gasteiger charge is 2.23. The van der Waals surface area contributed by atoms with Gasteiger partial charge in [-0.1, -0.05) is 35.9 Å². The van der Waals surface area contributed by atoms with Crippen LogP contribution in [0, 0.1) is 12.7 Å². The van der Waals surface area contributed by atoms with Crippen LogP contribution in [0.5, 0.6) is 0 Å². The Kier molecular flexibility index (Phi) is 3.37. The van der Waals surface area contributed by atoms with Crippen LogP contribution < -0.4 is 5.32 Å². The van der Waals surface area contributed by atoms with Gasteiger partial charge in [-0.2, -0.15) is 5.10 Å². The van der Waals surface area contributed by atoms with Crippen molar-refractivity contribution in [1.29, 1.82) is 0 Å². The van der Waals surface area contributed by atoms with E-state index in [1.165, 1.54) is 17.2 Å². The van der Waals surface area contributed by atoms with Crippen molar-refractivity contribution >= 4 is 5.82 Å². The van der Waals surface area contributed by atoms with Crippen LogP contribution in [0.25, 0.3) is 5.69 Å². The molecule has 2 heterocycles. The van der Waals surface area contributed by atoms with Crippen molar-refractivity contribution < 1.29 is 4.39 Å². The zero-order valence-electron chi connectivity index (χ0n) is 13.0. The van der Waals surface area contributed by atoms with Crippen LogP contribution >= 0.6 is 0 Å². The topological polar surface area (TPSA) is 29.9 Å². The van der Waals surface area contributed by atoms with Crippen LogP contribution in [-0.4, -0.2) is 16.3 Å². The number of aromatic nitrogens is 2. The van der Waals surface area contributed by atoms with Crippen molar-refractivity contribution in [2.24, 2.45) is 0 Å². The Morgan fingerprint density at radius 2 is 1.91 bits per heavy atom. The molecule has 0 spiro atoms. The number of hydrogen-bond acceptors (Lipinski definition) is 2. The number of halogens is 1. The Balaban J connectivity index is 1.76. The molecule has 0 saturated carbocycles. The van der Waals surface area contributed by atoms with Crippen LogP contribution in [0.2, 0.25) is 0 Å². The van der Waals surface area contributed by atoms with E-state index in [1.54, 1.807) is 6.07 Å². The maximum Gasteiger partial charge on any atom is 0.133 e. The highest BCUT2D eigenvalue weighted by molar-refractivity contribution is 5.57. The highest BCUT2D eigenvalue weighted by Crippen LogP contribution is 2.30. The summed E-state index contributed by atoms with van der Waals surface area (Å²) in [4.78, 5) is 0. The molecule has 3 aromatic rings. The summed E-state index contributed by atoms with van der Waals surface area (Å²) in [6.45, 7) is 2.97. The Morgan fingerprint density at radius 1 is 1.13 bits per heavy atom. The molecule has 0 atom stereocenters. The van der Waals surface area contributed by atoms with Gasteiger partial charge < -0.3 is 5.32 Å². The van der Waals surface area contributed by atoms with E-state index in [0.29, 0.717) is 12.0 Å². The third kappa shape index (κ3) is 2.50.